The van der Waals surface area contributed by atoms with Crippen LogP contribution in [0.1, 0.15) is 15.9 Å². The number of anilines is 1. The Morgan fingerprint density at radius 1 is 1.00 bits per heavy atom. The van der Waals surface area contributed by atoms with Gasteiger partial charge in [-0.15, -0.1) is 11.8 Å². The van der Waals surface area contributed by atoms with Crippen molar-refractivity contribution in [2.75, 3.05) is 5.32 Å². The Hall–Kier alpha value is -2.30. The van der Waals surface area contributed by atoms with Gasteiger partial charge in [0.1, 0.15) is 5.03 Å². The molecule has 1 heterocycles. The van der Waals surface area contributed by atoms with Crippen LogP contribution in [0.25, 0.3) is 0 Å². The van der Waals surface area contributed by atoms with E-state index in [2.05, 4.69) is 22.4 Å². The van der Waals surface area contributed by atoms with Crippen LogP contribution in [0.15, 0.2) is 78.0 Å². The summed E-state index contributed by atoms with van der Waals surface area (Å²) >= 11 is 7.41. The normalized spacial score (nSPS) is 10.4. The third kappa shape index (κ3) is 4.37. The lowest BCUT2D eigenvalue weighted by molar-refractivity contribution is 0.102. The molecule has 2 aromatic carbocycles. The van der Waals surface area contributed by atoms with Gasteiger partial charge in [0, 0.05) is 22.7 Å². The van der Waals surface area contributed by atoms with Crippen LogP contribution in [-0.2, 0) is 5.75 Å². The lowest BCUT2D eigenvalue weighted by Gasteiger charge is -2.09. The van der Waals surface area contributed by atoms with Crippen molar-refractivity contribution in [3.05, 3.63) is 89.1 Å². The number of pyridine rings is 1. The molecule has 1 N–H and O–H groups in total. The quantitative estimate of drug-likeness (QED) is 0.634. The molecule has 0 fully saturated rings. The number of nitrogens with zero attached hydrogens (tertiary/aromatic N) is 1. The highest BCUT2D eigenvalue weighted by Gasteiger charge is 2.13. The van der Waals surface area contributed by atoms with Gasteiger partial charge in [0.25, 0.3) is 5.91 Å². The van der Waals surface area contributed by atoms with Crippen LogP contribution in [0.4, 0.5) is 5.69 Å². The zero-order valence-corrected chi connectivity index (χ0v) is 14.3. The van der Waals surface area contributed by atoms with Crippen LogP contribution in [0.5, 0.6) is 0 Å². The Kier molecular flexibility index (Phi) is 5.51. The highest BCUT2D eigenvalue weighted by molar-refractivity contribution is 7.98. The van der Waals surface area contributed by atoms with Crippen molar-refractivity contribution in [3.63, 3.8) is 0 Å². The molecule has 0 atom stereocenters. The van der Waals surface area contributed by atoms with Gasteiger partial charge >= 0.3 is 0 Å². The van der Waals surface area contributed by atoms with Crippen molar-refractivity contribution >= 4 is 35.0 Å². The first-order valence-electron chi connectivity index (χ1n) is 7.41. The summed E-state index contributed by atoms with van der Waals surface area (Å²) in [4.78, 5) is 16.9. The third-order valence-corrected chi connectivity index (χ3v) is 4.66. The number of halogens is 1. The topological polar surface area (TPSA) is 42.0 Å². The fourth-order valence-corrected chi connectivity index (χ4v) is 3.21. The van der Waals surface area contributed by atoms with Crippen molar-refractivity contribution in [3.8, 4) is 0 Å². The van der Waals surface area contributed by atoms with E-state index >= 15 is 0 Å². The van der Waals surface area contributed by atoms with E-state index in [0.29, 0.717) is 21.3 Å². The number of nitrogens with one attached hydrogen (secondary N) is 1. The molecule has 3 nitrogen and oxygen atoms in total. The van der Waals surface area contributed by atoms with Gasteiger partial charge in [-0.3, -0.25) is 4.79 Å². The second kappa shape index (κ2) is 7.99. The zero-order chi connectivity index (χ0) is 16.8. The third-order valence-electron chi connectivity index (χ3n) is 3.34. The lowest BCUT2D eigenvalue weighted by Crippen LogP contribution is -2.13. The van der Waals surface area contributed by atoms with Gasteiger partial charge in [0.15, 0.2) is 0 Å². The summed E-state index contributed by atoms with van der Waals surface area (Å²) in [6.07, 6.45) is 1.70. The molecule has 0 aliphatic heterocycles. The minimum Gasteiger partial charge on any atom is -0.322 e. The molecule has 0 bridgehead atoms. The molecule has 0 aliphatic carbocycles. The lowest BCUT2D eigenvalue weighted by atomic mass is 10.2. The molecule has 0 radical (unpaired) electrons. The number of hydrogen-bond donors (Lipinski definition) is 1. The molecule has 0 saturated carbocycles. The Bertz CT molecular complexity index is 822. The number of amides is 1. The Balaban J connectivity index is 1.73. The first-order valence-corrected chi connectivity index (χ1v) is 8.77. The zero-order valence-electron chi connectivity index (χ0n) is 12.8. The number of carbonyl (C=O) groups is 1. The van der Waals surface area contributed by atoms with Gasteiger partial charge < -0.3 is 5.32 Å². The van der Waals surface area contributed by atoms with Gasteiger partial charge in [-0.05, 0) is 42.0 Å². The highest BCUT2D eigenvalue weighted by atomic mass is 35.5. The molecular formula is C19H15ClN2OS. The SMILES string of the molecule is O=C(Nc1ccc(Cl)cc1)c1cccnc1SCc1ccccc1. The maximum atomic E-state index is 12.5. The molecule has 0 saturated heterocycles. The first kappa shape index (κ1) is 16.6. The second-order valence-corrected chi connectivity index (χ2v) is 6.49. The molecule has 0 spiro atoms. The molecule has 0 aliphatic rings. The highest BCUT2D eigenvalue weighted by Crippen LogP contribution is 2.25. The summed E-state index contributed by atoms with van der Waals surface area (Å²) in [5.41, 5.74) is 2.46. The van der Waals surface area contributed by atoms with E-state index in [1.54, 1.807) is 54.4 Å². The number of benzene rings is 2. The Labute approximate surface area is 150 Å². The number of rotatable bonds is 5. The number of carbonyl (C=O) groups excluding carboxylic acids is 1. The monoisotopic (exact) mass is 354 g/mol. The van der Waals surface area contributed by atoms with Crippen LogP contribution in [0, 0.1) is 0 Å². The van der Waals surface area contributed by atoms with E-state index in [4.69, 9.17) is 11.6 Å². The summed E-state index contributed by atoms with van der Waals surface area (Å²) < 4.78 is 0. The van der Waals surface area contributed by atoms with Crippen LogP contribution >= 0.6 is 23.4 Å². The molecule has 120 valence electrons. The van der Waals surface area contributed by atoms with Crippen molar-refractivity contribution < 1.29 is 4.79 Å². The number of thioether (sulfide) groups is 1. The second-order valence-electron chi connectivity index (χ2n) is 5.09. The van der Waals surface area contributed by atoms with Crippen molar-refractivity contribution in [1.29, 1.82) is 0 Å². The Morgan fingerprint density at radius 3 is 2.50 bits per heavy atom. The molecule has 24 heavy (non-hydrogen) atoms. The molecule has 1 aromatic heterocycles. The maximum Gasteiger partial charge on any atom is 0.258 e. The van der Waals surface area contributed by atoms with Crippen LogP contribution in [0.2, 0.25) is 5.02 Å². The molecule has 3 rings (SSSR count). The van der Waals surface area contributed by atoms with Gasteiger partial charge in [0.05, 0.1) is 5.56 Å². The summed E-state index contributed by atoms with van der Waals surface area (Å²) in [6, 6.07) is 20.7. The standard InChI is InChI=1S/C19H15ClN2OS/c20-15-8-10-16(11-9-15)22-18(23)17-7-4-12-21-19(17)24-13-14-5-2-1-3-6-14/h1-12H,13H2,(H,22,23). The summed E-state index contributed by atoms with van der Waals surface area (Å²) in [5.74, 6) is 0.583. The molecule has 1 amide bonds. The van der Waals surface area contributed by atoms with E-state index in [1.807, 2.05) is 18.2 Å². The van der Waals surface area contributed by atoms with Crippen LogP contribution in [0.3, 0.4) is 0 Å². The molecule has 5 heteroatoms. The van der Waals surface area contributed by atoms with Crippen LogP contribution < -0.4 is 5.32 Å². The largest absolute Gasteiger partial charge is 0.322 e. The average molecular weight is 355 g/mol. The number of aromatic nitrogens is 1. The van der Waals surface area contributed by atoms with E-state index in [9.17, 15) is 4.79 Å². The summed E-state index contributed by atoms with van der Waals surface area (Å²) in [7, 11) is 0. The fraction of sp³-hybridized carbons (Fsp3) is 0.0526. The first-order chi connectivity index (χ1) is 11.7. The van der Waals surface area contributed by atoms with E-state index in [0.717, 1.165) is 5.75 Å². The van der Waals surface area contributed by atoms with E-state index < -0.39 is 0 Å². The average Bonchev–Trinajstić information content (AvgIpc) is 2.63. The minimum absolute atomic E-state index is 0.180. The van der Waals surface area contributed by atoms with Crippen LogP contribution in [-0.4, -0.2) is 10.9 Å². The van der Waals surface area contributed by atoms with Crippen molar-refractivity contribution in [2.24, 2.45) is 0 Å². The molecule has 0 unspecified atom stereocenters. The van der Waals surface area contributed by atoms with E-state index in [1.165, 1.54) is 5.56 Å². The number of hydrogen-bond acceptors (Lipinski definition) is 3. The minimum atomic E-state index is -0.180. The summed E-state index contributed by atoms with van der Waals surface area (Å²) in [6.45, 7) is 0. The fourth-order valence-electron chi connectivity index (χ4n) is 2.14. The van der Waals surface area contributed by atoms with Gasteiger partial charge in [-0.25, -0.2) is 4.98 Å². The smallest absolute Gasteiger partial charge is 0.258 e. The predicted molar refractivity (Wildman–Crippen MR) is 99.6 cm³/mol. The maximum absolute atomic E-state index is 12.5. The van der Waals surface area contributed by atoms with E-state index in [-0.39, 0.29) is 5.91 Å². The predicted octanol–water partition coefficient (Wildman–Crippen LogP) is 5.28. The van der Waals surface area contributed by atoms with Gasteiger partial charge in [-0.1, -0.05) is 41.9 Å². The summed E-state index contributed by atoms with van der Waals surface area (Å²) in [5, 5.41) is 4.22. The van der Waals surface area contributed by atoms with Crippen molar-refractivity contribution in [1.82, 2.24) is 4.98 Å². The van der Waals surface area contributed by atoms with Gasteiger partial charge in [-0.2, -0.15) is 0 Å². The van der Waals surface area contributed by atoms with Gasteiger partial charge in [0.2, 0.25) is 0 Å². The molecular weight excluding hydrogens is 340 g/mol. The Morgan fingerprint density at radius 2 is 1.75 bits per heavy atom. The molecule has 3 aromatic rings. The van der Waals surface area contributed by atoms with Crippen molar-refractivity contribution in [2.45, 2.75) is 10.8 Å².